The highest BCUT2D eigenvalue weighted by atomic mass is 79.9. The fourth-order valence-corrected chi connectivity index (χ4v) is 4.56. The van der Waals surface area contributed by atoms with Gasteiger partial charge in [0.2, 0.25) is 0 Å². The van der Waals surface area contributed by atoms with Gasteiger partial charge < -0.3 is 9.84 Å². The fraction of sp³-hybridized carbons (Fsp3) is 0.375. The van der Waals surface area contributed by atoms with E-state index in [0.29, 0.717) is 4.47 Å². The van der Waals surface area contributed by atoms with Gasteiger partial charge in [-0.25, -0.2) is 8.42 Å². The molecule has 0 saturated heterocycles. The summed E-state index contributed by atoms with van der Waals surface area (Å²) < 4.78 is 30.9. The number of nitrogens with one attached hydrogen (secondary N) is 1. The maximum absolute atomic E-state index is 11.9. The molecule has 0 aliphatic rings. The Bertz CT molecular complexity index is 498. The summed E-state index contributed by atoms with van der Waals surface area (Å²) in [6, 6.07) is 0.268. The molecular weight excluding hydrogens is 334 g/mol. The highest BCUT2D eigenvalue weighted by Crippen LogP contribution is 2.27. The number of rotatable bonds is 6. The zero-order chi connectivity index (χ0) is 13.1. The summed E-state index contributed by atoms with van der Waals surface area (Å²) in [7, 11) is -2.56. The third kappa shape index (κ3) is 3.75. The molecule has 1 aromatic heterocycles. The molecule has 0 radical (unpaired) electrons. The highest BCUT2D eigenvalue weighted by molar-refractivity contribution is 9.10. The van der Waals surface area contributed by atoms with Gasteiger partial charge >= 0.3 is 5.97 Å². The first-order valence-electron chi connectivity index (χ1n) is 4.35. The molecule has 0 bridgehead atoms. The minimum atomic E-state index is -3.85. The number of hydrogen-bond donors (Lipinski definition) is 2. The molecule has 0 saturated carbocycles. The minimum Gasteiger partial charge on any atom is -0.480 e. The lowest BCUT2D eigenvalue weighted by molar-refractivity contribution is -0.140. The zero-order valence-electron chi connectivity index (χ0n) is 8.71. The Labute approximate surface area is 111 Å². The van der Waals surface area contributed by atoms with Crippen LogP contribution in [0.4, 0.5) is 0 Å². The van der Waals surface area contributed by atoms with E-state index in [4.69, 9.17) is 5.11 Å². The van der Waals surface area contributed by atoms with Gasteiger partial charge in [-0.2, -0.15) is 4.72 Å². The molecule has 9 heteroatoms. The van der Waals surface area contributed by atoms with Crippen LogP contribution in [0.15, 0.2) is 20.1 Å². The van der Waals surface area contributed by atoms with E-state index in [9.17, 15) is 13.2 Å². The smallest absolute Gasteiger partial charge is 0.324 e. The van der Waals surface area contributed by atoms with Gasteiger partial charge in [0.1, 0.15) is 10.3 Å². The van der Waals surface area contributed by atoms with Crippen LogP contribution < -0.4 is 4.72 Å². The van der Waals surface area contributed by atoms with Gasteiger partial charge in [-0.15, -0.1) is 11.3 Å². The molecule has 1 heterocycles. The van der Waals surface area contributed by atoms with Crippen molar-refractivity contribution in [3.63, 3.8) is 0 Å². The summed E-state index contributed by atoms with van der Waals surface area (Å²) in [5.41, 5.74) is 0. The van der Waals surface area contributed by atoms with Gasteiger partial charge in [-0.05, 0) is 27.4 Å². The Morgan fingerprint density at radius 1 is 1.71 bits per heavy atom. The van der Waals surface area contributed by atoms with E-state index in [1.165, 1.54) is 7.11 Å². The average Bonchev–Trinajstić information content (AvgIpc) is 2.64. The summed E-state index contributed by atoms with van der Waals surface area (Å²) in [6.07, 6.45) is 0. The minimum absolute atomic E-state index is 0.0415. The topological polar surface area (TPSA) is 92.7 Å². The van der Waals surface area contributed by atoms with Crippen molar-refractivity contribution in [3.8, 4) is 0 Å². The third-order valence-electron chi connectivity index (χ3n) is 1.76. The number of carbonyl (C=O) groups is 1. The molecule has 0 fully saturated rings. The molecule has 2 N–H and O–H groups in total. The predicted molar refractivity (Wildman–Crippen MR) is 65.6 cm³/mol. The van der Waals surface area contributed by atoms with Crippen molar-refractivity contribution in [2.75, 3.05) is 13.7 Å². The van der Waals surface area contributed by atoms with Crippen LogP contribution in [0.1, 0.15) is 0 Å². The van der Waals surface area contributed by atoms with E-state index in [2.05, 4.69) is 25.4 Å². The van der Waals surface area contributed by atoms with Gasteiger partial charge in [0.25, 0.3) is 10.0 Å². The van der Waals surface area contributed by atoms with Crippen LogP contribution >= 0.6 is 27.3 Å². The van der Waals surface area contributed by atoms with Gasteiger partial charge in [0.05, 0.1) is 6.61 Å². The highest BCUT2D eigenvalue weighted by Gasteiger charge is 2.27. The molecule has 0 amide bonds. The molecule has 0 spiro atoms. The van der Waals surface area contributed by atoms with E-state index in [1.807, 2.05) is 0 Å². The van der Waals surface area contributed by atoms with Crippen molar-refractivity contribution in [2.45, 2.75) is 10.3 Å². The molecule has 0 aliphatic heterocycles. The van der Waals surface area contributed by atoms with Gasteiger partial charge in [-0.1, -0.05) is 0 Å². The SMILES string of the molecule is COCC(NS(=O)(=O)c1sccc1Br)C(=O)O. The normalized spacial score (nSPS) is 13.5. The standard InChI is InChI=1S/C8H10BrNO5S2/c1-15-4-6(7(11)12)10-17(13,14)8-5(9)2-3-16-8/h2-3,6,10H,4H2,1H3,(H,11,12). The summed E-state index contributed by atoms with van der Waals surface area (Å²) >= 11 is 4.08. The number of thiophene rings is 1. The Hall–Kier alpha value is -0.480. The summed E-state index contributed by atoms with van der Waals surface area (Å²) in [4.78, 5) is 10.8. The van der Waals surface area contributed by atoms with Crippen LogP contribution in [-0.4, -0.2) is 39.3 Å². The lowest BCUT2D eigenvalue weighted by Gasteiger charge is -2.13. The summed E-state index contributed by atoms with van der Waals surface area (Å²) in [5, 5.41) is 10.4. The van der Waals surface area contributed by atoms with E-state index >= 15 is 0 Å². The predicted octanol–water partition coefficient (Wildman–Crippen LogP) is 0.889. The second kappa shape index (κ2) is 5.91. The molecule has 1 atom stereocenters. The van der Waals surface area contributed by atoms with Crippen LogP contribution in [0, 0.1) is 0 Å². The molecule has 1 rings (SSSR count). The largest absolute Gasteiger partial charge is 0.480 e. The molecule has 1 unspecified atom stereocenters. The van der Waals surface area contributed by atoms with Crippen molar-refractivity contribution in [1.82, 2.24) is 4.72 Å². The Morgan fingerprint density at radius 2 is 2.35 bits per heavy atom. The van der Waals surface area contributed by atoms with E-state index < -0.39 is 22.0 Å². The van der Waals surface area contributed by atoms with Crippen molar-refractivity contribution in [2.24, 2.45) is 0 Å². The Morgan fingerprint density at radius 3 is 2.76 bits per heavy atom. The van der Waals surface area contributed by atoms with Crippen molar-refractivity contribution >= 4 is 43.3 Å². The van der Waals surface area contributed by atoms with Crippen LogP contribution in [0.25, 0.3) is 0 Å². The number of sulfonamides is 1. The van der Waals surface area contributed by atoms with Crippen LogP contribution in [0.2, 0.25) is 0 Å². The lowest BCUT2D eigenvalue weighted by Crippen LogP contribution is -2.43. The number of hydrogen-bond acceptors (Lipinski definition) is 5. The molecule has 6 nitrogen and oxygen atoms in total. The number of halogens is 1. The number of carboxylic acid groups (broad SMARTS) is 1. The fourth-order valence-electron chi connectivity index (χ4n) is 1.03. The van der Waals surface area contributed by atoms with E-state index in [1.54, 1.807) is 11.4 Å². The second-order valence-corrected chi connectivity index (χ2v) is 6.70. The number of aliphatic carboxylic acids is 1. The van der Waals surface area contributed by atoms with Gasteiger partial charge in [0.15, 0.2) is 0 Å². The van der Waals surface area contributed by atoms with Crippen LogP contribution in [0.5, 0.6) is 0 Å². The average molecular weight is 344 g/mol. The van der Waals surface area contributed by atoms with Gasteiger partial charge in [0, 0.05) is 11.6 Å². The van der Waals surface area contributed by atoms with E-state index in [-0.39, 0.29) is 10.8 Å². The third-order valence-corrected chi connectivity index (χ3v) is 5.90. The maximum atomic E-state index is 11.9. The Balaban J connectivity index is 2.93. The number of ether oxygens (including phenoxy) is 1. The lowest BCUT2D eigenvalue weighted by atomic mass is 10.3. The van der Waals surface area contributed by atoms with Crippen molar-refractivity contribution in [1.29, 1.82) is 0 Å². The summed E-state index contributed by atoms with van der Waals surface area (Å²) in [6.45, 7) is -0.239. The van der Waals surface area contributed by atoms with Crippen LogP contribution in [0.3, 0.4) is 0 Å². The second-order valence-electron chi connectivity index (χ2n) is 3.02. The van der Waals surface area contributed by atoms with Crippen molar-refractivity contribution < 1.29 is 23.1 Å². The molecule has 96 valence electrons. The first kappa shape index (κ1) is 14.6. The quantitative estimate of drug-likeness (QED) is 0.800. The number of carboxylic acids is 1. The number of methoxy groups -OCH3 is 1. The maximum Gasteiger partial charge on any atom is 0.324 e. The zero-order valence-corrected chi connectivity index (χ0v) is 11.9. The molecule has 17 heavy (non-hydrogen) atoms. The molecular formula is C8H10BrNO5S2. The van der Waals surface area contributed by atoms with Crippen molar-refractivity contribution in [3.05, 3.63) is 15.9 Å². The monoisotopic (exact) mass is 343 g/mol. The molecule has 1 aromatic rings. The van der Waals surface area contributed by atoms with E-state index in [0.717, 1.165) is 11.3 Å². The van der Waals surface area contributed by atoms with Crippen LogP contribution in [-0.2, 0) is 19.6 Å². The first-order valence-corrected chi connectivity index (χ1v) is 7.51. The van der Waals surface area contributed by atoms with Gasteiger partial charge in [-0.3, -0.25) is 4.79 Å². The first-order chi connectivity index (χ1) is 7.88. The summed E-state index contributed by atoms with van der Waals surface area (Å²) in [5.74, 6) is -1.29. The molecule has 0 aromatic carbocycles. The Kier molecular flexibility index (Phi) is 5.07. The molecule has 0 aliphatic carbocycles.